The Bertz CT molecular complexity index is 286. The van der Waals surface area contributed by atoms with Crippen LogP contribution in [0.1, 0.15) is 20.8 Å². The predicted molar refractivity (Wildman–Crippen MR) is 58.7 cm³/mol. The van der Waals surface area contributed by atoms with Crippen LogP contribution >= 0.6 is 0 Å². The van der Waals surface area contributed by atoms with Crippen molar-refractivity contribution in [1.82, 2.24) is 4.98 Å². The van der Waals surface area contributed by atoms with E-state index < -0.39 is 0 Å². The Morgan fingerprint density at radius 2 is 2.07 bits per heavy atom. The summed E-state index contributed by atoms with van der Waals surface area (Å²) in [6.07, 6.45) is 1.73. The fourth-order valence-corrected chi connectivity index (χ4v) is 1.08. The van der Waals surface area contributed by atoms with Gasteiger partial charge in [0.1, 0.15) is 0 Å². The van der Waals surface area contributed by atoms with Crippen molar-refractivity contribution in [3.05, 3.63) is 18.3 Å². The Balaban J connectivity index is 2.75. The first kappa shape index (κ1) is 10.8. The first-order valence-corrected chi connectivity index (χ1v) is 4.90. The largest absolute Gasteiger partial charge is 0.480 e. The molecule has 1 aromatic rings. The van der Waals surface area contributed by atoms with E-state index >= 15 is 0 Å². The molecule has 0 aliphatic heterocycles. The molecule has 0 radical (unpaired) electrons. The number of methoxy groups -OCH3 is 1. The number of nitrogens with one attached hydrogen (secondary N) is 1. The molecule has 78 valence electrons. The van der Waals surface area contributed by atoms with Gasteiger partial charge in [0.15, 0.2) is 0 Å². The van der Waals surface area contributed by atoms with Crippen molar-refractivity contribution in [2.75, 3.05) is 12.4 Å². The summed E-state index contributed by atoms with van der Waals surface area (Å²) in [4.78, 5) is 4.12. The van der Waals surface area contributed by atoms with Gasteiger partial charge in [0.2, 0.25) is 5.88 Å². The molecule has 0 unspecified atom stereocenters. The van der Waals surface area contributed by atoms with Crippen molar-refractivity contribution >= 4 is 5.69 Å². The van der Waals surface area contributed by atoms with Crippen LogP contribution in [0.5, 0.6) is 5.88 Å². The van der Waals surface area contributed by atoms with Gasteiger partial charge in [0, 0.05) is 12.2 Å². The number of hydrogen-bond acceptors (Lipinski definition) is 3. The third kappa shape index (κ3) is 2.62. The number of ether oxygens (including phenoxy) is 1. The van der Waals surface area contributed by atoms with E-state index in [-0.39, 0.29) is 0 Å². The number of nitrogens with zero attached hydrogens (tertiary/aromatic N) is 1. The van der Waals surface area contributed by atoms with Crippen molar-refractivity contribution < 1.29 is 4.74 Å². The van der Waals surface area contributed by atoms with Crippen LogP contribution in [-0.2, 0) is 0 Å². The van der Waals surface area contributed by atoms with Gasteiger partial charge in [0.05, 0.1) is 12.8 Å². The Morgan fingerprint density at radius 3 is 2.64 bits per heavy atom. The highest BCUT2D eigenvalue weighted by molar-refractivity contribution is 5.52. The second-order valence-electron chi connectivity index (χ2n) is 3.74. The zero-order valence-electron chi connectivity index (χ0n) is 9.24. The molecule has 1 rings (SSSR count). The van der Waals surface area contributed by atoms with Crippen molar-refractivity contribution in [2.24, 2.45) is 5.92 Å². The Kier molecular flexibility index (Phi) is 3.74. The third-order valence-corrected chi connectivity index (χ3v) is 2.35. The molecule has 0 aromatic carbocycles. The summed E-state index contributed by atoms with van der Waals surface area (Å²) in [5.74, 6) is 1.24. The SMILES string of the molecule is COc1ncccc1N[C@@H](C)C(C)C. The second kappa shape index (κ2) is 4.84. The summed E-state index contributed by atoms with van der Waals surface area (Å²) in [6, 6.07) is 4.29. The smallest absolute Gasteiger partial charge is 0.237 e. The van der Waals surface area contributed by atoms with Crippen LogP contribution in [-0.4, -0.2) is 18.1 Å². The van der Waals surface area contributed by atoms with E-state index in [1.54, 1.807) is 13.3 Å². The third-order valence-electron chi connectivity index (χ3n) is 2.35. The Hall–Kier alpha value is -1.25. The van der Waals surface area contributed by atoms with Gasteiger partial charge in [-0.3, -0.25) is 0 Å². The van der Waals surface area contributed by atoms with Crippen molar-refractivity contribution in [2.45, 2.75) is 26.8 Å². The molecule has 3 heteroatoms. The molecule has 0 aliphatic rings. The minimum absolute atomic E-state index is 0.410. The monoisotopic (exact) mass is 194 g/mol. The van der Waals surface area contributed by atoms with Gasteiger partial charge in [-0.2, -0.15) is 0 Å². The van der Waals surface area contributed by atoms with Gasteiger partial charge in [-0.05, 0) is 25.0 Å². The molecule has 0 fully saturated rings. The summed E-state index contributed by atoms with van der Waals surface area (Å²) in [5.41, 5.74) is 0.955. The van der Waals surface area contributed by atoms with E-state index in [1.807, 2.05) is 12.1 Å². The molecule has 0 aliphatic carbocycles. The zero-order valence-corrected chi connectivity index (χ0v) is 9.24. The molecule has 0 spiro atoms. The van der Waals surface area contributed by atoms with Crippen LogP contribution in [0.4, 0.5) is 5.69 Å². The lowest BCUT2D eigenvalue weighted by Gasteiger charge is -2.19. The summed E-state index contributed by atoms with van der Waals surface area (Å²) in [6.45, 7) is 6.51. The molecule has 1 N–H and O–H groups in total. The highest BCUT2D eigenvalue weighted by Crippen LogP contribution is 2.21. The van der Waals surface area contributed by atoms with Crippen molar-refractivity contribution in [3.8, 4) is 5.88 Å². The summed E-state index contributed by atoms with van der Waals surface area (Å²) in [5, 5.41) is 3.37. The molecule has 0 bridgehead atoms. The summed E-state index contributed by atoms with van der Waals surface area (Å²) < 4.78 is 5.15. The maximum atomic E-state index is 5.15. The molecular formula is C11H18N2O. The Morgan fingerprint density at radius 1 is 1.36 bits per heavy atom. The number of hydrogen-bond donors (Lipinski definition) is 1. The lowest BCUT2D eigenvalue weighted by molar-refractivity contribution is 0.398. The van der Waals surface area contributed by atoms with Gasteiger partial charge in [-0.25, -0.2) is 4.98 Å². The number of anilines is 1. The fraction of sp³-hybridized carbons (Fsp3) is 0.545. The van der Waals surface area contributed by atoms with E-state index in [0.29, 0.717) is 17.8 Å². The number of aromatic nitrogens is 1. The maximum absolute atomic E-state index is 5.15. The number of rotatable bonds is 4. The van der Waals surface area contributed by atoms with Crippen molar-refractivity contribution in [3.63, 3.8) is 0 Å². The zero-order chi connectivity index (χ0) is 10.6. The van der Waals surface area contributed by atoms with Crippen molar-refractivity contribution in [1.29, 1.82) is 0 Å². The van der Waals surface area contributed by atoms with Gasteiger partial charge < -0.3 is 10.1 Å². The quantitative estimate of drug-likeness (QED) is 0.799. The standard InChI is InChI=1S/C11H18N2O/c1-8(2)9(3)13-10-6-5-7-12-11(10)14-4/h5-9,13H,1-4H3/t9-/m0/s1. The first-order valence-electron chi connectivity index (χ1n) is 4.90. The highest BCUT2D eigenvalue weighted by atomic mass is 16.5. The fourth-order valence-electron chi connectivity index (χ4n) is 1.08. The summed E-state index contributed by atoms with van der Waals surface area (Å²) in [7, 11) is 1.63. The van der Waals surface area contributed by atoms with Gasteiger partial charge in [-0.15, -0.1) is 0 Å². The van der Waals surface area contributed by atoms with Crippen LogP contribution in [0.25, 0.3) is 0 Å². The van der Waals surface area contributed by atoms with Gasteiger partial charge in [-0.1, -0.05) is 13.8 Å². The first-order chi connectivity index (χ1) is 6.65. The molecule has 14 heavy (non-hydrogen) atoms. The van der Waals surface area contributed by atoms with E-state index in [0.717, 1.165) is 5.69 Å². The van der Waals surface area contributed by atoms with Crippen LogP contribution in [0.2, 0.25) is 0 Å². The molecule has 0 amide bonds. The average molecular weight is 194 g/mol. The maximum Gasteiger partial charge on any atom is 0.237 e. The topological polar surface area (TPSA) is 34.1 Å². The van der Waals surface area contributed by atoms with Crippen LogP contribution < -0.4 is 10.1 Å². The molecule has 1 aromatic heterocycles. The molecular weight excluding hydrogens is 176 g/mol. The van der Waals surface area contributed by atoms with E-state index in [9.17, 15) is 0 Å². The minimum Gasteiger partial charge on any atom is -0.480 e. The van der Waals surface area contributed by atoms with E-state index in [1.165, 1.54) is 0 Å². The van der Waals surface area contributed by atoms with Crippen LogP contribution in [0.15, 0.2) is 18.3 Å². The predicted octanol–water partition coefficient (Wildman–Crippen LogP) is 2.55. The van der Waals surface area contributed by atoms with E-state index in [2.05, 4.69) is 31.1 Å². The lowest BCUT2D eigenvalue weighted by Crippen LogP contribution is -2.21. The molecule has 0 saturated carbocycles. The lowest BCUT2D eigenvalue weighted by atomic mass is 10.1. The van der Waals surface area contributed by atoms with E-state index in [4.69, 9.17) is 4.74 Å². The molecule has 1 heterocycles. The Labute approximate surface area is 85.5 Å². The number of pyridine rings is 1. The van der Waals surface area contributed by atoms with Crippen LogP contribution in [0, 0.1) is 5.92 Å². The average Bonchev–Trinajstić information content (AvgIpc) is 2.18. The second-order valence-corrected chi connectivity index (χ2v) is 3.74. The molecule has 1 atom stereocenters. The van der Waals surface area contributed by atoms with Crippen LogP contribution in [0.3, 0.4) is 0 Å². The molecule has 0 saturated heterocycles. The summed E-state index contributed by atoms with van der Waals surface area (Å²) >= 11 is 0. The normalized spacial score (nSPS) is 12.6. The minimum atomic E-state index is 0.410. The van der Waals surface area contributed by atoms with Gasteiger partial charge >= 0.3 is 0 Å². The highest BCUT2D eigenvalue weighted by Gasteiger charge is 2.09. The van der Waals surface area contributed by atoms with Gasteiger partial charge in [0.25, 0.3) is 0 Å². The molecule has 3 nitrogen and oxygen atoms in total.